The van der Waals surface area contributed by atoms with E-state index in [1.165, 1.54) is 0 Å². The third-order valence-corrected chi connectivity index (χ3v) is 5.93. The molecule has 148 valence electrons. The summed E-state index contributed by atoms with van der Waals surface area (Å²) >= 11 is 1.61. The molecule has 1 aromatic carbocycles. The van der Waals surface area contributed by atoms with Crippen LogP contribution in [0.15, 0.2) is 48.1 Å². The van der Waals surface area contributed by atoms with E-state index in [4.69, 9.17) is 14.7 Å². The van der Waals surface area contributed by atoms with Crippen molar-refractivity contribution >= 4 is 22.2 Å². The molecule has 3 aromatic heterocycles. The second-order valence-electron chi connectivity index (χ2n) is 7.03. The van der Waals surface area contributed by atoms with Gasteiger partial charge in [0.2, 0.25) is 5.95 Å². The van der Waals surface area contributed by atoms with Crippen LogP contribution in [0.2, 0.25) is 0 Å². The lowest BCUT2D eigenvalue weighted by atomic mass is 10.1. The van der Waals surface area contributed by atoms with Crippen LogP contribution in [0.4, 0.5) is 5.95 Å². The number of rotatable bonds is 5. The minimum absolute atomic E-state index is 0.399. The summed E-state index contributed by atoms with van der Waals surface area (Å²) in [5, 5.41) is 8.92. The molecule has 0 saturated carbocycles. The highest BCUT2D eigenvalue weighted by Crippen LogP contribution is 2.34. The number of methoxy groups -OCH3 is 1. The van der Waals surface area contributed by atoms with Crippen LogP contribution >= 0.6 is 11.3 Å². The average Bonchev–Trinajstić information content (AvgIpc) is 3.36. The summed E-state index contributed by atoms with van der Waals surface area (Å²) in [6.45, 7) is 2.05. The Kier molecular flexibility index (Phi) is 4.87. The fraction of sp³-hybridized carbons (Fsp3) is 0.286. The van der Waals surface area contributed by atoms with Gasteiger partial charge >= 0.3 is 0 Å². The Bertz CT molecular complexity index is 1130. The largest absolute Gasteiger partial charge is 0.497 e. The summed E-state index contributed by atoms with van der Waals surface area (Å²) < 4.78 is 7.50. The van der Waals surface area contributed by atoms with Crippen molar-refractivity contribution < 1.29 is 4.74 Å². The molecule has 0 aliphatic carbocycles. The van der Waals surface area contributed by atoms with E-state index >= 15 is 0 Å². The zero-order valence-corrected chi connectivity index (χ0v) is 16.9. The van der Waals surface area contributed by atoms with Crippen LogP contribution in [0.3, 0.4) is 0 Å². The number of nitrogens with zero attached hydrogens (tertiary/aromatic N) is 4. The van der Waals surface area contributed by atoms with E-state index in [1.54, 1.807) is 18.4 Å². The van der Waals surface area contributed by atoms with Crippen molar-refractivity contribution in [2.24, 2.45) is 0 Å². The van der Waals surface area contributed by atoms with Gasteiger partial charge in [-0.15, -0.1) is 11.3 Å². The van der Waals surface area contributed by atoms with E-state index in [9.17, 15) is 0 Å². The first-order chi connectivity index (χ1) is 14.3. The molecule has 2 N–H and O–H groups in total. The summed E-state index contributed by atoms with van der Waals surface area (Å²) in [5.74, 6) is 1.47. The molecule has 5 rings (SSSR count). The maximum Gasteiger partial charge on any atom is 0.223 e. The Balaban J connectivity index is 1.57. The molecule has 0 radical (unpaired) electrons. The maximum atomic E-state index is 5.41. The molecule has 1 aliphatic rings. The summed E-state index contributed by atoms with van der Waals surface area (Å²) in [4.78, 5) is 15.1. The number of hydrogen-bond donors (Lipinski definition) is 2. The lowest BCUT2D eigenvalue weighted by molar-refractivity contribution is 0.415. The van der Waals surface area contributed by atoms with Gasteiger partial charge in [-0.05, 0) is 44.1 Å². The Labute approximate surface area is 172 Å². The van der Waals surface area contributed by atoms with Crippen molar-refractivity contribution in [2.45, 2.75) is 18.9 Å². The highest BCUT2D eigenvalue weighted by molar-refractivity contribution is 7.15. The van der Waals surface area contributed by atoms with E-state index in [0.717, 1.165) is 59.3 Å². The third kappa shape index (κ3) is 3.56. The molecular formula is C21H22N6OS. The minimum Gasteiger partial charge on any atom is -0.497 e. The molecule has 1 aliphatic heterocycles. The lowest BCUT2D eigenvalue weighted by Crippen LogP contribution is -2.35. The second kappa shape index (κ2) is 7.81. The third-order valence-electron chi connectivity index (χ3n) is 5.18. The van der Waals surface area contributed by atoms with Gasteiger partial charge in [0, 0.05) is 29.4 Å². The van der Waals surface area contributed by atoms with Crippen LogP contribution in [0, 0.1) is 0 Å². The molecule has 0 bridgehead atoms. The molecule has 1 saturated heterocycles. The topological polar surface area (TPSA) is 76.4 Å². The molecule has 29 heavy (non-hydrogen) atoms. The quantitative estimate of drug-likeness (QED) is 0.526. The molecule has 0 spiro atoms. The van der Waals surface area contributed by atoms with Crippen molar-refractivity contribution in [1.29, 1.82) is 0 Å². The molecule has 0 unspecified atom stereocenters. The van der Waals surface area contributed by atoms with E-state index < -0.39 is 0 Å². The van der Waals surface area contributed by atoms with Crippen molar-refractivity contribution in [3.63, 3.8) is 0 Å². The van der Waals surface area contributed by atoms with Gasteiger partial charge in [-0.1, -0.05) is 12.1 Å². The van der Waals surface area contributed by atoms with Crippen molar-refractivity contribution in [3.05, 3.63) is 48.1 Å². The van der Waals surface area contributed by atoms with E-state index in [0.29, 0.717) is 12.0 Å². The monoisotopic (exact) mass is 406 g/mol. The second-order valence-corrected chi connectivity index (χ2v) is 7.90. The summed E-state index contributed by atoms with van der Waals surface area (Å²) in [7, 11) is 1.68. The van der Waals surface area contributed by atoms with Gasteiger partial charge in [-0.25, -0.2) is 15.0 Å². The maximum absolute atomic E-state index is 5.41. The smallest absolute Gasteiger partial charge is 0.223 e. The Morgan fingerprint density at radius 1 is 1.21 bits per heavy atom. The summed E-state index contributed by atoms with van der Waals surface area (Å²) in [6.07, 6.45) is 6.00. The van der Waals surface area contributed by atoms with Gasteiger partial charge in [0.05, 0.1) is 18.5 Å². The van der Waals surface area contributed by atoms with Crippen molar-refractivity contribution in [2.75, 3.05) is 25.5 Å². The van der Waals surface area contributed by atoms with Gasteiger partial charge in [0.15, 0.2) is 4.96 Å². The highest BCUT2D eigenvalue weighted by atomic mass is 32.1. The van der Waals surface area contributed by atoms with Gasteiger partial charge in [0.25, 0.3) is 0 Å². The number of imidazole rings is 1. The fourth-order valence-corrected chi connectivity index (χ4v) is 4.43. The molecule has 4 aromatic rings. The number of thiazole rings is 1. The number of piperidine rings is 1. The Morgan fingerprint density at radius 2 is 2.10 bits per heavy atom. The van der Waals surface area contributed by atoms with Crippen molar-refractivity contribution in [1.82, 2.24) is 24.7 Å². The van der Waals surface area contributed by atoms with Crippen LogP contribution < -0.4 is 15.4 Å². The number of hydrogen-bond acceptors (Lipinski definition) is 7. The molecule has 8 heteroatoms. The summed E-state index contributed by atoms with van der Waals surface area (Å²) in [6, 6.07) is 10.3. The van der Waals surface area contributed by atoms with E-state index in [1.807, 2.05) is 48.1 Å². The predicted molar refractivity (Wildman–Crippen MR) is 116 cm³/mol. The first kappa shape index (κ1) is 18.1. The van der Waals surface area contributed by atoms with Crippen LogP contribution in [0.5, 0.6) is 5.75 Å². The average molecular weight is 407 g/mol. The number of nitrogens with one attached hydrogen (secondary N) is 2. The molecule has 4 heterocycles. The van der Waals surface area contributed by atoms with Gasteiger partial charge in [0.1, 0.15) is 11.4 Å². The zero-order chi connectivity index (χ0) is 19.6. The van der Waals surface area contributed by atoms with Crippen molar-refractivity contribution in [3.8, 4) is 28.4 Å². The predicted octanol–water partition coefficient (Wildman–Crippen LogP) is 3.69. The van der Waals surface area contributed by atoms with Crippen LogP contribution in [-0.4, -0.2) is 45.6 Å². The Morgan fingerprint density at radius 3 is 2.97 bits per heavy atom. The number of anilines is 1. The molecule has 7 nitrogen and oxygen atoms in total. The number of fused-ring (bicyclic) bond motifs is 1. The normalized spacial score (nSPS) is 14.9. The highest BCUT2D eigenvalue weighted by Gasteiger charge is 2.20. The molecule has 0 atom stereocenters. The first-order valence-electron chi connectivity index (χ1n) is 9.72. The number of aromatic nitrogens is 4. The lowest BCUT2D eigenvalue weighted by Gasteiger charge is -2.23. The molecule has 0 amide bonds. The standard InChI is InChI=1S/C21H22N6OS/c1-28-16-4-2-3-14(13-16)18-19(27-11-12-29-21(27)26-18)17-7-10-23-20(25-17)24-15-5-8-22-9-6-15/h2-4,7,10-13,15,22H,5-6,8-9H2,1H3,(H,23,24,25). The van der Waals surface area contributed by atoms with E-state index in [2.05, 4.69) is 20.0 Å². The SMILES string of the molecule is COc1cccc(-c2nc3sccn3c2-c2ccnc(NC3CCNCC3)n2)c1. The Hall–Kier alpha value is -2.97. The van der Waals surface area contributed by atoms with Crippen LogP contribution in [0.25, 0.3) is 27.6 Å². The fourth-order valence-electron chi connectivity index (χ4n) is 3.71. The van der Waals surface area contributed by atoms with Gasteiger partial charge in [-0.3, -0.25) is 4.40 Å². The minimum atomic E-state index is 0.399. The number of benzene rings is 1. The van der Waals surface area contributed by atoms with Gasteiger partial charge in [-0.2, -0.15) is 0 Å². The molecular weight excluding hydrogens is 384 g/mol. The number of ether oxygens (including phenoxy) is 1. The van der Waals surface area contributed by atoms with E-state index in [-0.39, 0.29) is 0 Å². The van der Waals surface area contributed by atoms with Crippen LogP contribution in [0.1, 0.15) is 12.8 Å². The van der Waals surface area contributed by atoms with Gasteiger partial charge < -0.3 is 15.4 Å². The molecule has 1 fully saturated rings. The zero-order valence-electron chi connectivity index (χ0n) is 16.1. The first-order valence-corrected chi connectivity index (χ1v) is 10.6. The van der Waals surface area contributed by atoms with Crippen LogP contribution in [-0.2, 0) is 0 Å². The summed E-state index contributed by atoms with van der Waals surface area (Å²) in [5.41, 5.74) is 3.70.